The molecular weight excluding hydrogens is 231 g/mol. The smallest absolute Gasteiger partial charge is 0.0400 e. The molecule has 0 unspecified atom stereocenters. The largest absolute Gasteiger partial charge is 0.398 e. The van der Waals surface area contributed by atoms with Gasteiger partial charge in [-0.15, -0.1) is 23.2 Å². The molecule has 0 aliphatic carbocycles. The van der Waals surface area contributed by atoms with Crippen molar-refractivity contribution in [1.82, 2.24) is 0 Å². The highest BCUT2D eigenvalue weighted by molar-refractivity contribution is 6.18. The standard InChI is InChI=1S/C11H16Cl2N2/c1-7-8(2-4-12)6-10(14)9(3-5-13)11(7)15/h6H,2-5,14-15H2,1H3. The molecular formula is C11H16Cl2N2. The lowest BCUT2D eigenvalue weighted by Crippen LogP contribution is -2.06. The van der Waals surface area contributed by atoms with Gasteiger partial charge in [0.15, 0.2) is 0 Å². The first kappa shape index (κ1) is 12.5. The van der Waals surface area contributed by atoms with Crippen molar-refractivity contribution in [3.05, 3.63) is 22.8 Å². The predicted octanol–water partition coefficient (Wildman–Crippen LogP) is 2.72. The Morgan fingerprint density at radius 3 is 2.27 bits per heavy atom. The Morgan fingerprint density at radius 2 is 1.73 bits per heavy atom. The number of halogens is 2. The molecule has 0 radical (unpaired) electrons. The third-order valence-electron chi connectivity index (χ3n) is 2.60. The van der Waals surface area contributed by atoms with E-state index in [1.807, 2.05) is 13.0 Å². The molecule has 4 heteroatoms. The van der Waals surface area contributed by atoms with Gasteiger partial charge in [0.2, 0.25) is 0 Å². The number of hydrogen-bond acceptors (Lipinski definition) is 2. The van der Waals surface area contributed by atoms with Crippen LogP contribution in [0.25, 0.3) is 0 Å². The van der Waals surface area contributed by atoms with Gasteiger partial charge in [0.1, 0.15) is 0 Å². The van der Waals surface area contributed by atoms with E-state index in [0.717, 1.165) is 34.5 Å². The van der Waals surface area contributed by atoms with Crippen LogP contribution in [0.5, 0.6) is 0 Å². The maximum absolute atomic E-state index is 6.02. The van der Waals surface area contributed by atoms with Crippen LogP contribution in [-0.4, -0.2) is 11.8 Å². The van der Waals surface area contributed by atoms with Crippen molar-refractivity contribution >= 4 is 34.6 Å². The normalized spacial score (nSPS) is 10.6. The summed E-state index contributed by atoms with van der Waals surface area (Å²) in [5, 5.41) is 0. The Morgan fingerprint density at radius 1 is 1.13 bits per heavy atom. The third kappa shape index (κ3) is 2.70. The van der Waals surface area contributed by atoms with Crippen LogP contribution in [0.2, 0.25) is 0 Å². The van der Waals surface area contributed by atoms with Gasteiger partial charge in [-0.05, 0) is 42.5 Å². The van der Waals surface area contributed by atoms with Crippen LogP contribution >= 0.6 is 23.2 Å². The first-order chi connectivity index (χ1) is 7.11. The summed E-state index contributed by atoms with van der Waals surface area (Å²) in [7, 11) is 0. The molecule has 0 atom stereocenters. The maximum atomic E-state index is 6.02. The van der Waals surface area contributed by atoms with Crippen molar-refractivity contribution in [2.75, 3.05) is 23.2 Å². The van der Waals surface area contributed by atoms with Gasteiger partial charge < -0.3 is 11.5 Å². The van der Waals surface area contributed by atoms with Gasteiger partial charge in [-0.3, -0.25) is 0 Å². The van der Waals surface area contributed by atoms with Crippen molar-refractivity contribution < 1.29 is 0 Å². The number of nitrogen functional groups attached to an aromatic ring is 2. The highest BCUT2D eigenvalue weighted by atomic mass is 35.5. The number of hydrogen-bond donors (Lipinski definition) is 2. The Kier molecular flexibility index (Phi) is 4.55. The van der Waals surface area contributed by atoms with E-state index in [-0.39, 0.29) is 0 Å². The van der Waals surface area contributed by atoms with Gasteiger partial charge in [-0.2, -0.15) is 0 Å². The Balaban J connectivity index is 3.18. The minimum Gasteiger partial charge on any atom is -0.398 e. The maximum Gasteiger partial charge on any atom is 0.0400 e. The molecule has 0 aliphatic heterocycles. The average molecular weight is 247 g/mol. The highest BCUT2D eigenvalue weighted by Crippen LogP contribution is 2.28. The molecule has 0 amide bonds. The van der Waals surface area contributed by atoms with E-state index in [2.05, 4.69) is 0 Å². The summed E-state index contributed by atoms with van der Waals surface area (Å²) in [5.74, 6) is 1.11. The fourth-order valence-electron chi connectivity index (χ4n) is 1.67. The van der Waals surface area contributed by atoms with Crippen LogP contribution in [0.3, 0.4) is 0 Å². The van der Waals surface area contributed by atoms with Crippen LogP contribution in [0.15, 0.2) is 6.07 Å². The zero-order valence-electron chi connectivity index (χ0n) is 8.82. The summed E-state index contributed by atoms with van der Waals surface area (Å²) in [6, 6.07) is 1.95. The monoisotopic (exact) mass is 246 g/mol. The average Bonchev–Trinajstić information content (AvgIpc) is 2.21. The van der Waals surface area contributed by atoms with Crippen LogP contribution in [0, 0.1) is 6.92 Å². The molecule has 0 saturated heterocycles. The van der Waals surface area contributed by atoms with Crippen LogP contribution in [-0.2, 0) is 12.8 Å². The van der Waals surface area contributed by atoms with Crippen LogP contribution in [0.4, 0.5) is 11.4 Å². The van der Waals surface area contributed by atoms with Gasteiger partial charge in [-0.1, -0.05) is 0 Å². The number of benzene rings is 1. The van der Waals surface area contributed by atoms with Crippen molar-refractivity contribution in [2.24, 2.45) is 0 Å². The summed E-state index contributed by atoms with van der Waals surface area (Å²) in [6.45, 7) is 1.99. The molecule has 1 aromatic rings. The summed E-state index contributed by atoms with van der Waals surface area (Å²) in [6.07, 6.45) is 1.50. The minimum atomic E-state index is 0.530. The third-order valence-corrected chi connectivity index (χ3v) is 2.98. The lowest BCUT2D eigenvalue weighted by molar-refractivity contribution is 1.09. The van der Waals surface area contributed by atoms with Gasteiger partial charge in [0.25, 0.3) is 0 Å². The van der Waals surface area contributed by atoms with Crippen molar-refractivity contribution in [1.29, 1.82) is 0 Å². The molecule has 84 valence electrons. The Bertz CT molecular complexity index is 351. The second-order valence-corrected chi connectivity index (χ2v) is 4.28. The first-order valence-electron chi connectivity index (χ1n) is 4.90. The van der Waals surface area contributed by atoms with Crippen LogP contribution in [0.1, 0.15) is 16.7 Å². The second kappa shape index (κ2) is 5.47. The van der Waals surface area contributed by atoms with Gasteiger partial charge in [-0.25, -0.2) is 0 Å². The van der Waals surface area contributed by atoms with E-state index >= 15 is 0 Å². The number of anilines is 2. The molecule has 0 saturated carbocycles. The first-order valence-corrected chi connectivity index (χ1v) is 5.97. The fourth-order valence-corrected chi connectivity index (χ4v) is 2.07. The molecule has 15 heavy (non-hydrogen) atoms. The minimum absolute atomic E-state index is 0.530. The van der Waals surface area contributed by atoms with Crippen LogP contribution < -0.4 is 11.5 Å². The molecule has 0 spiro atoms. The molecule has 0 aliphatic rings. The Labute approximate surface area is 101 Å². The zero-order valence-corrected chi connectivity index (χ0v) is 10.3. The Hall–Kier alpha value is -0.600. The molecule has 1 rings (SSSR count). The SMILES string of the molecule is Cc1c(CCCl)cc(N)c(CCCl)c1N. The van der Waals surface area contributed by atoms with Gasteiger partial charge in [0.05, 0.1) is 0 Å². The molecule has 0 heterocycles. The van der Waals surface area contributed by atoms with E-state index in [0.29, 0.717) is 18.2 Å². The summed E-state index contributed by atoms with van der Waals surface area (Å²) < 4.78 is 0. The number of aryl methyl sites for hydroxylation is 1. The van der Waals surface area contributed by atoms with E-state index in [1.165, 1.54) is 0 Å². The predicted molar refractivity (Wildman–Crippen MR) is 68.9 cm³/mol. The number of alkyl halides is 2. The fraction of sp³-hybridized carbons (Fsp3) is 0.455. The second-order valence-electron chi connectivity index (χ2n) is 3.52. The molecule has 1 aromatic carbocycles. The number of nitrogens with two attached hydrogens (primary N) is 2. The number of rotatable bonds is 4. The van der Waals surface area contributed by atoms with E-state index in [4.69, 9.17) is 34.7 Å². The topological polar surface area (TPSA) is 52.0 Å². The lowest BCUT2D eigenvalue weighted by Gasteiger charge is -2.14. The van der Waals surface area contributed by atoms with E-state index in [1.54, 1.807) is 0 Å². The summed E-state index contributed by atoms with van der Waals surface area (Å²) in [4.78, 5) is 0. The zero-order chi connectivity index (χ0) is 11.4. The van der Waals surface area contributed by atoms with Crippen molar-refractivity contribution in [3.63, 3.8) is 0 Å². The van der Waals surface area contributed by atoms with Crippen molar-refractivity contribution in [2.45, 2.75) is 19.8 Å². The molecule has 4 N–H and O–H groups in total. The molecule has 0 fully saturated rings. The molecule has 0 bridgehead atoms. The van der Waals surface area contributed by atoms with Gasteiger partial charge in [0, 0.05) is 23.1 Å². The summed E-state index contributed by atoms with van der Waals surface area (Å²) >= 11 is 11.4. The van der Waals surface area contributed by atoms with Crippen molar-refractivity contribution in [3.8, 4) is 0 Å². The molecule has 2 nitrogen and oxygen atoms in total. The van der Waals surface area contributed by atoms with E-state index in [9.17, 15) is 0 Å². The summed E-state index contributed by atoms with van der Waals surface area (Å²) in [5.41, 5.74) is 16.6. The molecule has 0 aromatic heterocycles. The van der Waals surface area contributed by atoms with E-state index < -0.39 is 0 Å². The quantitative estimate of drug-likeness (QED) is 0.634. The lowest BCUT2D eigenvalue weighted by atomic mass is 9.97. The highest BCUT2D eigenvalue weighted by Gasteiger charge is 2.10. The van der Waals surface area contributed by atoms with Gasteiger partial charge >= 0.3 is 0 Å².